The number of likely N-dealkylation sites (tertiary alicyclic amines) is 1. The number of benzene rings is 1. The molecule has 0 bridgehead atoms. The number of nitrogens with zero attached hydrogens (tertiary/aromatic N) is 1. The molecule has 0 aromatic heterocycles. The van der Waals surface area contributed by atoms with E-state index in [0.717, 1.165) is 5.56 Å². The second-order valence-corrected chi connectivity index (χ2v) is 6.23. The molecule has 1 aromatic rings. The van der Waals surface area contributed by atoms with Gasteiger partial charge in [0.1, 0.15) is 6.61 Å². The number of carbonyl (C=O) groups excluding carboxylic acids is 1. The summed E-state index contributed by atoms with van der Waals surface area (Å²) < 4.78 is 5.25. The van der Waals surface area contributed by atoms with Gasteiger partial charge in [-0.3, -0.25) is 0 Å². The molecule has 2 rings (SSSR count). The van der Waals surface area contributed by atoms with Crippen molar-refractivity contribution in [3.05, 3.63) is 35.9 Å². The molecule has 2 atom stereocenters. The number of ether oxygens (including phenoxy) is 1. The lowest BCUT2D eigenvalue weighted by Gasteiger charge is -2.45. The number of hydrogen-bond acceptors (Lipinski definition) is 4. The van der Waals surface area contributed by atoms with E-state index in [1.807, 2.05) is 30.3 Å². The fourth-order valence-corrected chi connectivity index (χ4v) is 3.01. The first-order valence-corrected chi connectivity index (χ1v) is 8.04. The lowest BCUT2D eigenvalue weighted by molar-refractivity contribution is 0.0440. The highest BCUT2D eigenvalue weighted by atomic mass is 16.5. The van der Waals surface area contributed by atoms with E-state index in [0.29, 0.717) is 19.4 Å². The van der Waals surface area contributed by atoms with Crippen molar-refractivity contribution in [3.63, 3.8) is 0 Å². The van der Waals surface area contributed by atoms with Crippen molar-refractivity contribution in [2.75, 3.05) is 19.7 Å². The van der Waals surface area contributed by atoms with Gasteiger partial charge >= 0.3 is 12.2 Å². The molecular weight excluding hydrogens is 312 g/mol. The second kappa shape index (κ2) is 8.01. The fourth-order valence-electron chi connectivity index (χ4n) is 3.01. The van der Waals surface area contributed by atoms with E-state index in [9.17, 15) is 19.8 Å². The largest absolute Gasteiger partial charge is 0.465 e. The van der Waals surface area contributed by atoms with E-state index in [-0.39, 0.29) is 25.7 Å². The summed E-state index contributed by atoms with van der Waals surface area (Å²) >= 11 is 0. The summed E-state index contributed by atoms with van der Waals surface area (Å²) in [5, 5.41) is 21.6. The first-order chi connectivity index (χ1) is 11.5. The van der Waals surface area contributed by atoms with Crippen molar-refractivity contribution in [1.29, 1.82) is 0 Å². The third-order valence-electron chi connectivity index (χ3n) is 4.58. The summed E-state index contributed by atoms with van der Waals surface area (Å²) in [6.45, 7) is 2.36. The molecular formula is C17H24N2O5. The number of carbonyl (C=O) groups is 2. The van der Waals surface area contributed by atoms with Crippen LogP contribution in [0.15, 0.2) is 30.3 Å². The van der Waals surface area contributed by atoms with E-state index in [1.54, 1.807) is 6.92 Å². The summed E-state index contributed by atoms with van der Waals surface area (Å²) in [4.78, 5) is 24.7. The highest BCUT2D eigenvalue weighted by Crippen LogP contribution is 2.29. The second-order valence-electron chi connectivity index (χ2n) is 6.23. The Morgan fingerprint density at radius 1 is 1.38 bits per heavy atom. The number of piperidine rings is 1. The average Bonchev–Trinajstić information content (AvgIpc) is 2.60. The molecule has 2 amide bonds. The van der Waals surface area contributed by atoms with Gasteiger partial charge in [-0.1, -0.05) is 37.3 Å². The number of carboxylic acid groups (broad SMARTS) is 1. The number of amides is 2. The molecule has 1 aliphatic rings. The molecule has 132 valence electrons. The van der Waals surface area contributed by atoms with Crippen LogP contribution in [0.25, 0.3) is 0 Å². The maximum Gasteiger partial charge on any atom is 0.407 e. The number of hydrogen-bond donors (Lipinski definition) is 3. The molecule has 1 saturated heterocycles. The maximum absolute atomic E-state index is 12.2. The van der Waals surface area contributed by atoms with E-state index in [4.69, 9.17) is 4.74 Å². The highest BCUT2D eigenvalue weighted by molar-refractivity contribution is 5.69. The topological polar surface area (TPSA) is 99.1 Å². The Morgan fingerprint density at radius 2 is 2.08 bits per heavy atom. The zero-order valence-electron chi connectivity index (χ0n) is 13.8. The van der Waals surface area contributed by atoms with Gasteiger partial charge in [-0.2, -0.15) is 0 Å². The molecule has 7 heteroatoms. The van der Waals surface area contributed by atoms with E-state index in [2.05, 4.69) is 5.32 Å². The zero-order chi connectivity index (χ0) is 17.6. The van der Waals surface area contributed by atoms with Crippen molar-refractivity contribution < 1.29 is 24.5 Å². The minimum Gasteiger partial charge on any atom is -0.465 e. The Kier molecular flexibility index (Phi) is 6.03. The van der Waals surface area contributed by atoms with E-state index < -0.39 is 17.7 Å². The Balaban J connectivity index is 2.02. The number of rotatable bonds is 5. The van der Waals surface area contributed by atoms with Crippen LogP contribution in [-0.4, -0.2) is 52.5 Å². The summed E-state index contributed by atoms with van der Waals surface area (Å²) in [5.74, 6) is -0.288. The average molecular weight is 336 g/mol. The van der Waals surface area contributed by atoms with E-state index >= 15 is 0 Å². The van der Waals surface area contributed by atoms with Crippen LogP contribution in [0.1, 0.15) is 25.3 Å². The fraction of sp³-hybridized carbons (Fsp3) is 0.529. The Morgan fingerprint density at radius 3 is 2.71 bits per heavy atom. The molecule has 0 spiro atoms. The van der Waals surface area contributed by atoms with Crippen LogP contribution >= 0.6 is 0 Å². The molecule has 24 heavy (non-hydrogen) atoms. The predicted molar refractivity (Wildman–Crippen MR) is 87.6 cm³/mol. The van der Waals surface area contributed by atoms with Crippen molar-refractivity contribution in [2.24, 2.45) is 5.92 Å². The van der Waals surface area contributed by atoms with Gasteiger partial charge in [-0.05, 0) is 18.4 Å². The number of aliphatic hydroxyl groups is 1. The lowest BCUT2D eigenvalue weighted by Crippen LogP contribution is -2.63. The summed E-state index contributed by atoms with van der Waals surface area (Å²) in [6, 6.07) is 9.30. The summed E-state index contributed by atoms with van der Waals surface area (Å²) in [5.41, 5.74) is 0.0480. The van der Waals surface area contributed by atoms with Crippen molar-refractivity contribution >= 4 is 12.2 Å². The summed E-state index contributed by atoms with van der Waals surface area (Å²) in [6.07, 6.45) is -0.413. The summed E-state index contributed by atoms with van der Waals surface area (Å²) in [7, 11) is 0. The lowest BCUT2D eigenvalue weighted by atomic mass is 9.79. The molecule has 1 fully saturated rings. The quantitative estimate of drug-likeness (QED) is 0.764. The molecule has 7 nitrogen and oxygen atoms in total. The van der Waals surface area contributed by atoms with Crippen LogP contribution in [0, 0.1) is 5.92 Å². The van der Waals surface area contributed by atoms with Gasteiger partial charge in [0.15, 0.2) is 0 Å². The number of aliphatic hydroxyl groups excluding tert-OH is 1. The van der Waals surface area contributed by atoms with Gasteiger partial charge in [-0.25, -0.2) is 9.59 Å². The standard InChI is InChI=1S/C17H24N2O5/c1-13(10-20)17(8-5-9-19(12-17)16(22)23)18-15(21)24-11-14-6-3-2-4-7-14/h2-4,6-7,13,20H,5,8-12H2,1H3,(H,18,21)(H,22,23). The van der Waals surface area contributed by atoms with Gasteiger partial charge in [0, 0.05) is 25.6 Å². The van der Waals surface area contributed by atoms with Crippen molar-refractivity contribution in [3.8, 4) is 0 Å². The molecule has 3 N–H and O–H groups in total. The zero-order valence-corrected chi connectivity index (χ0v) is 13.8. The first-order valence-electron chi connectivity index (χ1n) is 8.04. The smallest absolute Gasteiger partial charge is 0.407 e. The molecule has 0 aliphatic carbocycles. The first kappa shape index (κ1) is 18.1. The van der Waals surface area contributed by atoms with Crippen molar-refractivity contribution in [2.45, 2.75) is 31.9 Å². The van der Waals surface area contributed by atoms with Gasteiger partial charge in [0.05, 0.1) is 5.54 Å². The molecule has 0 saturated carbocycles. The van der Waals surface area contributed by atoms with Gasteiger partial charge in [0.2, 0.25) is 0 Å². The Labute approximate surface area is 141 Å². The van der Waals surface area contributed by atoms with E-state index in [1.165, 1.54) is 4.90 Å². The van der Waals surface area contributed by atoms with Crippen LogP contribution < -0.4 is 5.32 Å². The number of nitrogens with one attached hydrogen (secondary N) is 1. The molecule has 1 aliphatic heterocycles. The Hall–Kier alpha value is -2.28. The van der Waals surface area contributed by atoms with Crippen LogP contribution in [0.4, 0.5) is 9.59 Å². The SMILES string of the molecule is CC(CO)C1(NC(=O)OCc2ccccc2)CCCN(C(=O)O)C1. The third kappa shape index (κ3) is 4.38. The third-order valence-corrected chi connectivity index (χ3v) is 4.58. The maximum atomic E-state index is 12.2. The molecule has 2 unspecified atom stereocenters. The van der Waals surface area contributed by atoms with Crippen molar-refractivity contribution in [1.82, 2.24) is 10.2 Å². The monoisotopic (exact) mass is 336 g/mol. The van der Waals surface area contributed by atoms with Gasteiger partial charge in [-0.15, -0.1) is 0 Å². The number of alkyl carbamates (subject to hydrolysis) is 1. The van der Waals surface area contributed by atoms with Gasteiger partial charge < -0.3 is 25.2 Å². The Bertz CT molecular complexity index is 565. The van der Waals surface area contributed by atoms with Gasteiger partial charge in [0.25, 0.3) is 0 Å². The molecule has 0 radical (unpaired) electrons. The minimum atomic E-state index is -1.02. The minimum absolute atomic E-state index is 0.138. The molecule has 1 heterocycles. The normalized spacial score (nSPS) is 21.8. The predicted octanol–water partition coefficient (Wildman–Crippen LogP) is 2.05. The van der Waals surface area contributed by atoms with Crippen LogP contribution in [-0.2, 0) is 11.3 Å². The van der Waals surface area contributed by atoms with Crippen LogP contribution in [0.5, 0.6) is 0 Å². The molecule has 1 aromatic carbocycles. The highest BCUT2D eigenvalue weighted by Gasteiger charge is 2.43. The van der Waals surface area contributed by atoms with Crippen LogP contribution in [0.2, 0.25) is 0 Å². The van der Waals surface area contributed by atoms with Crippen LogP contribution in [0.3, 0.4) is 0 Å².